The Morgan fingerprint density at radius 3 is 2.19 bits per heavy atom. The molecule has 2 bridgehead atoms. The predicted molar refractivity (Wildman–Crippen MR) is 224 cm³/mol. The number of hydrogen-bond acceptors (Lipinski definition) is 14. The van der Waals surface area contributed by atoms with Gasteiger partial charge in [-0.2, -0.15) is 0 Å². The first-order valence-electron chi connectivity index (χ1n) is 18.9. The van der Waals surface area contributed by atoms with Crippen LogP contribution in [0.5, 0.6) is 0 Å². The van der Waals surface area contributed by atoms with Crippen molar-refractivity contribution in [2.45, 2.75) is 62.3 Å². The van der Waals surface area contributed by atoms with Crippen molar-refractivity contribution in [3.8, 4) is 0 Å². The number of benzene rings is 2. The number of amides is 10. The van der Waals surface area contributed by atoms with Gasteiger partial charge in [0, 0.05) is 3.57 Å². The van der Waals surface area contributed by atoms with E-state index in [4.69, 9.17) is 20.3 Å². The van der Waals surface area contributed by atoms with E-state index in [-0.39, 0.29) is 12.8 Å². The maximum atomic E-state index is 13.9. The van der Waals surface area contributed by atoms with Gasteiger partial charge in [-0.1, -0.05) is 12.1 Å². The van der Waals surface area contributed by atoms with Crippen molar-refractivity contribution < 1.29 is 82.2 Å². The average molecular weight is 1120 g/mol. The summed E-state index contributed by atoms with van der Waals surface area (Å²) in [5.74, 6) is -11.4. The Labute approximate surface area is 388 Å². The fourth-order valence-corrected chi connectivity index (χ4v) is 7.20. The van der Waals surface area contributed by atoms with Crippen LogP contribution in [-0.4, -0.2) is 127 Å². The van der Waals surface area contributed by atoms with Crippen molar-refractivity contribution >= 4 is 100 Å². The third-order valence-corrected chi connectivity index (χ3v) is 11.2. The molecule has 24 nitrogen and oxygen atoms in total. The summed E-state index contributed by atoms with van der Waals surface area (Å²) in [6, 6.07) is 4.99. The van der Waals surface area contributed by atoms with Crippen LogP contribution < -0.4 is 76.0 Å². The molecular weight excluding hydrogens is 1070 g/mol. The fourth-order valence-electron chi connectivity index (χ4n) is 5.51. The molecule has 2 aromatic carbocycles. The number of carbonyl (C=O) groups is 12. The van der Waals surface area contributed by atoms with Crippen LogP contribution in [0.3, 0.4) is 0 Å². The Bertz CT molecular complexity index is 2140. The summed E-state index contributed by atoms with van der Waals surface area (Å²) in [4.78, 5) is 156. The number of fused-ring (bicyclic) bond motifs is 18. The number of carbonyl (C=O) groups excluding carboxylic acids is 12. The van der Waals surface area contributed by atoms with Crippen LogP contribution in [0.1, 0.15) is 30.4 Å². The number of rotatable bonds is 15. The molecule has 0 aromatic heterocycles. The fraction of sp³-hybridized carbons (Fsp3) is 0.342. The average Bonchev–Trinajstić information content (AvgIpc) is 3.25. The Morgan fingerprint density at radius 2 is 1.56 bits per heavy atom. The van der Waals surface area contributed by atoms with E-state index in [0.717, 1.165) is 3.57 Å². The number of halogens is 2. The molecule has 0 saturated carbocycles. The van der Waals surface area contributed by atoms with Gasteiger partial charge in [-0.05, 0) is 34.7 Å². The summed E-state index contributed by atoms with van der Waals surface area (Å²) in [7, 11) is 0. The number of aliphatic imine (C=N–C) groups is 1. The molecule has 0 unspecified atom stereocenters. The number of hydrogen-bond donors (Lipinski definition) is 10. The van der Waals surface area contributed by atoms with Gasteiger partial charge in [0.2, 0.25) is 0 Å². The van der Waals surface area contributed by atoms with Gasteiger partial charge < -0.3 is 4.79 Å². The number of nitrogens with two attached hydrogens (primary N) is 3. The molecule has 10 amide bonds. The first kappa shape index (κ1) is 51.9. The topological polar surface area (TPSA) is 389 Å². The molecule has 2 aliphatic rings. The standard InChI is InChI=1S/C38H44I2N11O13/c39-21-5-1-19(2-6-21)12-24(34(59)44-9-10-52)49-37(62)26(14-29(43)54)50-38(63)27-15-33(58)64-40-22-7-3-20(4-8-22)11-23(47-30(55)16-41)35(60)46-17-31(56)45-18-32(57)48-25(13-28(42)53)36(61)51-27/h1-8,10,18,23-27H,9,11-17,41H2,(H2,42,53)(H2,43,54)(H,44,59)(H,46,60)(H,47,55)(H,48,57)(H,49,62)(H,50,63)(H,51,61)/q-1/t23-,24-,25-,26-,27-/m0/s1. The van der Waals surface area contributed by atoms with Gasteiger partial charge in [0.1, 0.15) is 6.29 Å². The second-order valence-electron chi connectivity index (χ2n) is 13.6. The van der Waals surface area contributed by atoms with Crippen molar-refractivity contribution in [1.29, 1.82) is 0 Å². The molecule has 2 aromatic rings. The van der Waals surface area contributed by atoms with E-state index < -0.39 is 156 Å². The van der Waals surface area contributed by atoms with E-state index in [2.05, 4.69) is 64.8 Å². The molecule has 64 heavy (non-hydrogen) atoms. The predicted octanol–water partition coefficient (Wildman–Crippen LogP) is -8.64. The molecule has 0 spiro atoms. The van der Waals surface area contributed by atoms with Gasteiger partial charge >= 0.3 is 322 Å². The Morgan fingerprint density at radius 1 is 0.875 bits per heavy atom. The van der Waals surface area contributed by atoms with Crippen LogP contribution in [-0.2, 0) is 73.4 Å². The Hall–Kier alpha value is -6.43. The SMILES string of the molecule is NCC(=O)N[C@H]1Cc2ccc(cc2)[I-]OC(=O)C[C@@H](C(=O)N[C@@H](CC(N)=O)C(=O)N[C@@H](Cc2ccc(I)cc2)C(=O)NCC=O)NC(=O)[C@H](CC(N)=O)NC(=O)C=NC(=O)CNC1=O. The van der Waals surface area contributed by atoms with Gasteiger partial charge in [-0.15, -0.1) is 0 Å². The molecule has 4 rings (SSSR count). The Kier molecular flexibility index (Phi) is 21.3. The zero-order valence-corrected chi connectivity index (χ0v) is 37.9. The van der Waals surface area contributed by atoms with E-state index >= 15 is 0 Å². The quantitative estimate of drug-likeness (QED) is 0.0450. The van der Waals surface area contributed by atoms with Crippen molar-refractivity contribution in [2.24, 2.45) is 22.2 Å². The molecule has 5 atom stereocenters. The van der Waals surface area contributed by atoms with E-state index in [0.29, 0.717) is 27.2 Å². The molecule has 0 saturated heterocycles. The summed E-state index contributed by atoms with van der Waals surface area (Å²) < 4.78 is 6.84. The van der Waals surface area contributed by atoms with E-state index in [1.165, 1.54) is 0 Å². The summed E-state index contributed by atoms with van der Waals surface area (Å²) in [5, 5.41) is 16.0. The molecule has 2 aliphatic heterocycles. The van der Waals surface area contributed by atoms with Crippen LogP contribution >= 0.6 is 22.6 Å². The Balaban J connectivity index is 1.96. The molecule has 0 aliphatic carbocycles. The first-order chi connectivity index (χ1) is 30.4. The second-order valence-corrected chi connectivity index (χ2v) is 17.0. The van der Waals surface area contributed by atoms with Crippen LogP contribution in [0.25, 0.3) is 0 Å². The van der Waals surface area contributed by atoms with Crippen LogP contribution in [0, 0.1) is 7.14 Å². The van der Waals surface area contributed by atoms with Crippen LogP contribution in [0.2, 0.25) is 0 Å². The third-order valence-electron chi connectivity index (χ3n) is 8.57. The normalized spacial score (nSPS) is 18.6. The molecule has 26 heteroatoms. The third kappa shape index (κ3) is 18.5. The minimum absolute atomic E-state index is 0.0666. The molecule has 344 valence electrons. The van der Waals surface area contributed by atoms with Crippen molar-refractivity contribution in [3.63, 3.8) is 0 Å². The molecule has 13 N–H and O–H groups in total. The summed E-state index contributed by atoms with van der Waals surface area (Å²) in [6.07, 6.45) is -1.98. The van der Waals surface area contributed by atoms with Gasteiger partial charge in [0.15, 0.2) is 0 Å². The second kappa shape index (κ2) is 26.3. The van der Waals surface area contributed by atoms with Crippen LogP contribution in [0.4, 0.5) is 0 Å². The summed E-state index contributed by atoms with van der Waals surface area (Å²) >= 11 is 0.471. The zero-order chi connectivity index (χ0) is 47.3. The molecule has 0 fully saturated rings. The van der Waals surface area contributed by atoms with Gasteiger partial charge in [0.25, 0.3) is 0 Å². The summed E-state index contributed by atoms with van der Waals surface area (Å²) in [5.41, 5.74) is 17.2. The van der Waals surface area contributed by atoms with Gasteiger partial charge in [0.05, 0.1) is 6.54 Å². The molecular formula is C38H44I2N11O13-. The number of primary amides is 2. The first-order valence-corrected chi connectivity index (χ1v) is 21.9. The van der Waals surface area contributed by atoms with Crippen molar-refractivity contribution in [1.82, 2.24) is 37.2 Å². The van der Waals surface area contributed by atoms with E-state index in [1.807, 2.05) is 0 Å². The van der Waals surface area contributed by atoms with E-state index in [9.17, 15) is 57.5 Å². The monoisotopic (exact) mass is 1120 g/mol. The van der Waals surface area contributed by atoms with Crippen LogP contribution in [0.15, 0.2) is 53.5 Å². The molecule has 2 heterocycles. The van der Waals surface area contributed by atoms with Crippen molar-refractivity contribution in [2.75, 3.05) is 19.6 Å². The van der Waals surface area contributed by atoms with Gasteiger partial charge in [-0.3, -0.25) is 0 Å². The number of nitrogens with one attached hydrogen (secondary N) is 7. The van der Waals surface area contributed by atoms with E-state index in [1.54, 1.807) is 48.5 Å². The maximum absolute atomic E-state index is 13.9. The number of nitrogens with zero attached hydrogens (tertiary/aromatic N) is 1. The summed E-state index contributed by atoms with van der Waals surface area (Å²) in [6.45, 7) is -1.58. The minimum atomic E-state index is -1.93. The molecule has 0 radical (unpaired) electrons. The van der Waals surface area contributed by atoms with Gasteiger partial charge in [-0.25, -0.2) is 0 Å². The zero-order valence-electron chi connectivity index (χ0n) is 33.6. The van der Waals surface area contributed by atoms with Crippen molar-refractivity contribution in [3.05, 3.63) is 66.8 Å². The number of aldehydes is 1.